The molecule has 1 aromatic heterocycles. The number of halogens is 1. The van der Waals surface area contributed by atoms with Crippen molar-refractivity contribution in [2.75, 3.05) is 19.6 Å². The quantitative estimate of drug-likeness (QED) is 0.673. The van der Waals surface area contributed by atoms with Crippen LogP contribution in [-0.4, -0.2) is 24.6 Å². The van der Waals surface area contributed by atoms with Crippen molar-refractivity contribution < 1.29 is 4.39 Å². The maximum Gasteiger partial charge on any atom is 0.146 e. The molecule has 0 saturated carbocycles. The van der Waals surface area contributed by atoms with Gasteiger partial charge < -0.3 is 16.4 Å². The zero-order valence-electron chi connectivity index (χ0n) is 8.91. The predicted octanol–water partition coefficient (Wildman–Crippen LogP) is 0.297. The lowest BCUT2D eigenvalue weighted by Gasteiger charge is -2.19. The minimum atomic E-state index is -0.511. The van der Waals surface area contributed by atoms with Gasteiger partial charge in [0.2, 0.25) is 0 Å². The topological polar surface area (TPSA) is 63.0 Å². The van der Waals surface area contributed by atoms with Crippen LogP contribution in [0.25, 0.3) is 0 Å². The molecule has 0 spiro atoms. The van der Waals surface area contributed by atoms with Crippen LogP contribution in [0.5, 0.6) is 0 Å². The number of aromatic nitrogens is 1. The Balaban J connectivity index is 2.13. The van der Waals surface area contributed by atoms with Crippen LogP contribution in [0, 0.1) is 5.82 Å². The van der Waals surface area contributed by atoms with E-state index in [1.54, 1.807) is 18.3 Å². The Bertz CT molecular complexity index is 383. The number of hydrogen-bond acceptors (Lipinski definition) is 4. The maximum absolute atomic E-state index is 13.4. The molecule has 0 bridgehead atoms. The molecule has 86 valence electrons. The van der Waals surface area contributed by atoms with Gasteiger partial charge in [-0.15, -0.1) is 0 Å². The largest absolute Gasteiger partial charge is 0.386 e. The van der Waals surface area contributed by atoms with Crippen LogP contribution in [0.4, 0.5) is 4.39 Å². The van der Waals surface area contributed by atoms with Gasteiger partial charge in [0.05, 0.1) is 11.7 Å². The fraction of sp³-hybridized carbons (Fsp3) is 0.364. The first-order valence-electron chi connectivity index (χ1n) is 5.28. The number of hydrogen-bond donors (Lipinski definition) is 3. The van der Waals surface area contributed by atoms with E-state index in [1.807, 2.05) is 0 Å². The van der Waals surface area contributed by atoms with E-state index in [0.717, 1.165) is 25.3 Å². The Morgan fingerprint density at radius 2 is 2.38 bits per heavy atom. The zero-order valence-corrected chi connectivity index (χ0v) is 8.91. The van der Waals surface area contributed by atoms with Crippen LogP contribution in [0.2, 0.25) is 0 Å². The first-order chi connectivity index (χ1) is 7.77. The Kier molecular flexibility index (Phi) is 3.48. The summed E-state index contributed by atoms with van der Waals surface area (Å²) in [7, 11) is 0. The Morgan fingerprint density at radius 3 is 3.06 bits per heavy atom. The van der Waals surface area contributed by atoms with E-state index in [9.17, 15) is 4.39 Å². The minimum Gasteiger partial charge on any atom is -0.386 e. The first-order valence-corrected chi connectivity index (χ1v) is 5.28. The summed E-state index contributed by atoms with van der Waals surface area (Å²) in [6.45, 7) is 2.54. The molecule has 1 fully saturated rings. The van der Waals surface area contributed by atoms with Crippen LogP contribution in [-0.2, 0) is 0 Å². The summed E-state index contributed by atoms with van der Waals surface area (Å²) in [4.78, 5) is 3.95. The molecule has 1 aromatic rings. The highest BCUT2D eigenvalue weighted by Gasteiger charge is 2.12. The number of nitrogens with two attached hydrogens (primary N) is 1. The van der Waals surface area contributed by atoms with Crippen molar-refractivity contribution in [2.24, 2.45) is 5.73 Å². The second-order valence-electron chi connectivity index (χ2n) is 3.69. The summed E-state index contributed by atoms with van der Waals surface area (Å²) < 4.78 is 13.4. The van der Waals surface area contributed by atoms with Gasteiger partial charge in [-0.05, 0) is 18.2 Å². The van der Waals surface area contributed by atoms with Gasteiger partial charge in [0.1, 0.15) is 5.82 Å². The third kappa shape index (κ3) is 2.56. The Morgan fingerprint density at radius 1 is 1.50 bits per heavy atom. The lowest BCUT2D eigenvalue weighted by Crippen LogP contribution is -2.38. The minimum absolute atomic E-state index is 0.280. The number of pyridine rings is 1. The number of piperazine rings is 1. The van der Waals surface area contributed by atoms with Gasteiger partial charge in [0.25, 0.3) is 0 Å². The summed E-state index contributed by atoms with van der Waals surface area (Å²) in [6, 6.07) is 2.41. The summed E-state index contributed by atoms with van der Waals surface area (Å²) in [6.07, 6.45) is 3.35. The molecule has 0 amide bonds. The van der Waals surface area contributed by atoms with Gasteiger partial charge in [0.15, 0.2) is 0 Å². The van der Waals surface area contributed by atoms with Gasteiger partial charge >= 0.3 is 0 Å². The molecule has 4 N–H and O–H groups in total. The molecular weight excluding hydrogens is 207 g/mol. The maximum atomic E-state index is 13.4. The van der Waals surface area contributed by atoms with E-state index in [0.29, 0.717) is 0 Å². The molecule has 0 aromatic carbocycles. The van der Waals surface area contributed by atoms with Gasteiger partial charge in [0, 0.05) is 31.5 Å². The van der Waals surface area contributed by atoms with Crippen molar-refractivity contribution >= 4 is 0 Å². The summed E-state index contributed by atoms with van der Waals surface area (Å²) in [5, 5.41) is 6.41. The highest BCUT2D eigenvalue weighted by molar-refractivity contribution is 5.19. The van der Waals surface area contributed by atoms with E-state index < -0.39 is 6.04 Å². The van der Waals surface area contributed by atoms with Crippen molar-refractivity contribution in [1.29, 1.82) is 0 Å². The van der Waals surface area contributed by atoms with Crippen molar-refractivity contribution in [3.05, 3.63) is 41.6 Å². The lowest BCUT2D eigenvalue weighted by molar-refractivity contribution is 0.575. The van der Waals surface area contributed by atoms with Crippen LogP contribution in [0.15, 0.2) is 30.1 Å². The third-order valence-corrected chi connectivity index (χ3v) is 2.45. The molecule has 2 rings (SSSR count). The number of rotatable bonds is 2. The van der Waals surface area contributed by atoms with E-state index in [2.05, 4.69) is 15.6 Å². The molecule has 1 aliphatic rings. The molecule has 2 heterocycles. The van der Waals surface area contributed by atoms with Gasteiger partial charge in [-0.25, -0.2) is 4.39 Å². The van der Waals surface area contributed by atoms with Crippen LogP contribution in [0.1, 0.15) is 11.7 Å². The van der Waals surface area contributed by atoms with Crippen molar-refractivity contribution in [1.82, 2.24) is 15.6 Å². The SMILES string of the molecule is NC(/C=C1/CNCCN1)c1ncccc1F. The predicted molar refractivity (Wildman–Crippen MR) is 60.1 cm³/mol. The summed E-state index contributed by atoms with van der Waals surface area (Å²) in [5.41, 5.74) is 7.15. The highest BCUT2D eigenvalue weighted by Crippen LogP contribution is 2.13. The molecule has 1 atom stereocenters. The molecule has 1 saturated heterocycles. The van der Waals surface area contributed by atoms with Gasteiger partial charge in [-0.3, -0.25) is 4.98 Å². The average molecular weight is 222 g/mol. The van der Waals surface area contributed by atoms with E-state index in [4.69, 9.17) is 5.73 Å². The number of nitrogens with zero attached hydrogens (tertiary/aromatic N) is 1. The summed E-state index contributed by atoms with van der Waals surface area (Å²) in [5.74, 6) is -0.365. The van der Waals surface area contributed by atoms with Gasteiger partial charge in [-0.2, -0.15) is 0 Å². The molecular formula is C11H15FN4. The van der Waals surface area contributed by atoms with Gasteiger partial charge in [-0.1, -0.05) is 0 Å². The summed E-state index contributed by atoms with van der Waals surface area (Å²) >= 11 is 0. The second kappa shape index (κ2) is 5.05. The lowest BCUT2D eigenvalue weighted by atomic mass is 10.1. The van der Waals surface area contributed by atoms with Crippen LogP contribution in [0.3, 0.4) is 0 Å². The van der Waals surface area contributed by atoms with Crippen molar-refractivity contribution in [3.8, 4) is 0 Å². The molecule has 0 aliphatic carbocycles. The fourth-order valence-electron chi connectivity index (χ4n) is 1.65. The molecule has 4 nitrogen and oxygen atoms in total. The van der Waals surface area contributed by atoms with Crippen LogP contribution >= 0.6 is 0 Å². The average Bonchev–Trinajstić information content (AvgIpc) is 2.31. The molecule has 1 aliphatic heterocycles. The van der Waals surface area contributed by atoms with Crippen LogP contribution < -0.4 is 16.4 Å². The normalized spacial score (nSPS) is 20.5. The first kappa shape index (κ1) is 11.0. The van der Waals surface area contributed by atoms with E-state index in [1.165, 1.54) is 6.07 Å². The van der Waals surface area contributed by atoms with Crippen molar-refractivity contribution in [3.63, 3.8) is 0 Å². The monoisotopic (exact) mass is 222 g/mol. The standard InChI is InChI=1S/C11H15FN4/c12-9-2-1-3-16-11(9)10(13)6-8-7-14-4-5-15-8/h1-3,6,10,14-15H,4-5,7,13H2/b8-6-. The smallest absolute Gasteiger partial charge is 0.146 e. The molecule has 0 radical (unpaired) electrons. The second-order valence-corrected chi connectivity index (χ2v) is 3.69. The molecule has 1 unspecified atom stereocenters. The highest BCUT2D eigenvalue weighted by atomic mass is 19.1. The number of nitrogens with one attached hydrogen (secondary N) is 2. The third-order valence-electron chi connectivity index (χ3n) is 2.45. The fourth-order valence-corrected chi connectivity index (χ4v) is 1.65. The zero-order chi connectivity index (χ0) is 11.4. The Labute approximate surface area is 93.8 Å². The Hall–Kier alpha value is -1.46. The van der Waals surface area contributed by atoms with E-state index >= 15 is 0 Å². The van der Waals surface area contributed by atoms with Crippen molar-refractivity contribution in [2.45, 2.75) is 6.04 Å². The van der Waals surface area contributed by atoms with E-state index in [-0.39, 0.29) is 11.5 Å². The molecule has 16 heavy (non-hydrogen) atoms. The molecule has 5 heteroatoms.